The minimum atomic E-state index is -0.816. The first kappa shape index (κ1) is 12.6. The number of nitrogens with zero attached hydrogens (tertiary/aromatic N) is 1. The van der Waals surface area contributed by atoms with Crippen molar-refractivity contribution in [3.05, 3.63) is 0 Å². The molecule has 2 rings (SSSR count). The molecule has 2 N–H and O–H groups in total. The molecule has 2 heterocycles. The molecule has 2 saturated heterocycles. The van der Waals surface area contributed by atoms with Crippen molar-refractivity contribution in [1.29, 1.82) is 0 Å². The molecule has 2 aliphatic rings. The van der Waals surface area contributed by atoms with Crippen LogP contribution in [0.15, 0.2) is 0 Å². The second kappa shape index (κ2) is 4.82. The van der Waals surface area contributed by atoms with E-state index in [-0.39, 0.29) is 11.7 Å². The fraction of sp³-hybridized carbons (Fsp3) is 0.917. The summed E-state index contributed by atoms with van der Waals surface area (Å²) in [7, 11) is 0. The van der Waals surface area contributed by atoms with E-state index in [9.17, 15) is 4.79 Å². The van der Waals surface area contributed by atoms with Gasteiger partial charge in [0.05, 0.1) is 11.7 Å². The van der Waals surface area contributed by atoms with Crippen LogP contribution in [0.3, 0.4) is 0 Å². The molecule has 2 aliphatic heterocycles. The second-order valence-corrected chi connectivity index (χ2v) is 5.48. The van der Waals surface area contributed by atoms with Gasteiger partial charge in [-0.05, 0) is 18.8 Å². The summed E-state index contributed by atoms with van der Waals surface area (Å²) in [6, 6.07) is 0. The maximum absolute atomic E-state index is 10.9. The number of ether oxygens (including phenoxy) is 1. The molecule has 0 bridgehead atoms. The van der Waals surface area contributed by atoms with E-state index in [4.69, 9.17) is 9.84 Å². The molecular weight excluding hydrogens is 220 g/mol. The van der Waals surface area contributed by atoms with Gasteiger partial charge in [-0.25, -0.2) is 4.79 Å². The van der Waals surface area contributed by atoms with Gasteiger partial charge in [0.2, 0.25) is 0 Å². The minimum Gasteiger partial charge on any atom is -0.465 e. The van der Waals surface area contributed by atoms with Crippen molar-refractivity contribution in [2.75, 3.05) is 26.2 Å². The number of morpholine rings is 1. The number of likely N-dealkylation sites (tertiary alicyclic amines) is 1. The lowest BCUT2D eigenvalue weighted by Gasteiger charge is -2.47. The van der Waals surface area contributed by atoms with Crippen LogP contribution >= 0.6 is 0 Å². The number of nitrogens with one attached hydrogen (secondary N) is 1. The van der Waals surface area contributed by atoms with Crippen LogP contribution in [0.5, 0.6) is 0 Å². The summed E-state index contributed by atoms with van der Waals surface area (Å²) in [4.78, 5) is 12.3. The molecule has 98 valence electrons. The largest absolute Gasteiger partial charge is 0.465 e. The molecular formula is C12H22N2O3. The van der Waals surface area contributed by atoms with Gasteiger partial charge in [-0.2, -0.15) is 0 Å². The van der Waals surface area contributed by atoms with E-state index in [0.29, 0.717) is 19.0 Å². The van der Waals surface area contributed by atoms with Crippen LogP contribution in [0, 0.1) is 5.92 Å². The summed E-state index contributed by atoms with van der Waals surface area (Å²) >= 11 is 0. The highest BCUT2D eigenvalue weighted by Gasteiger charge is 2.41. The SMILES string of the molecule is CC(C)C1CNCC2(CCN(C(=O)O)CC2)O1. The maximum atomic E-state index is 10.9. The van der Waals surface area contributed by atoms with Crippen molar-refractivity contribution in [3.63, 3.8) is 0 Å². The van der Waals surface area contributed by atoms with E-state index in [0.717, 1.165) is 25.9 Å². The lowest BCUT2D eigenvalue weighted by Crippen LogP contribution is -2.59. The first-order valence-corrected chi connectivity index (χ1v) is 6.39. The van der Waals surface area contributed by atoms with Crippen molar-refractivity contribution in [2.24, 2.45) is 5.92 Å². The first-order valence-electron chi connectivity index (χ1n) is 6.39. The lowest BCUT2D eigenvalue weighted by atomic mass is 9.88. The van der Waals surface area contributed by atoms with Gasteiger partial charge in [-0.3, -0.25) is 0 Å². The van der Waals surface area contributed by atoms with Gasteiger partial charge in [0.1, 0.15) is 0 Å². The Bertz CT molecular complexity index is 285. The number of hydrogen-bond donors (Lipinski definition) is 2. The topological polar surface area (TPSA) is 61.8 Å². The van der Waals surface area contributed by atoms with Gasteiger partial charge >= 0.3 is 6.09 Å². The van der Waals surface area contributed by atoms with Crippen LogP contribution in [-0.4, -0.2) is 54.0 Å². The van der Waals surface area contributed by atoms with E-state index in [1.54, 1.807) is 0 Å². The molecule has 0 aliphatic carbocycles. The minimum absolute atomic E-state index is 0.140. The molecule has 0 radical (unpaired) electrons. The summed E-state index contributed by atoms with van der Waals surface area (Å²) in [5.74, 6) is 0.497. The van der Waals surface area contributed by atoms with Gasteiger partial charge in [0.25, 0.3) is 0 Å². The third kappa shape index (κ3) is 2.72. The third-order valence-corrected chi connectivity index (χ3v) is 3.88. The van der Waals surface area contributed by atoms with E-state index in [1.807, 2.05) is 0 Å². The molecule has 0 aromatic carbocycles. The number of piperidine rings is 1. The fourth-order valence-corrected chi connectivity index (χ4v) is 2.62. The number of amides is 1. The normalized spacial score (nSPS) is 28.6. The summed E-state index contributed by atoms with van der Waals surface area (Å²) in [5, 5.41) is 12.4. The quantitative estimate of drug-likeness (QED) is 0.724. The first-order chi connectivity index (χ1) is 8.02. The molecule has 1 amide bonds. The van der Waals surface area contributed by atoms with Gasteiger partial charge in [-0.1, -0.05) is 13.8 Å². The number of carbonyl (C=O) groups is 1. The van der Waals surface area contributed by atoms with E-state index in [2.05, 4.69) is 19.2 Å². The summed E-state index contributed by atoms with van der Waals surface area (Å²) < 4.78 is 6.22. The van der Waals surface area contributed by atoms with E-state index >= 15 is 0 Å². The van der Waals surface area contributed by atoms with Gasteiger partial charge in [-0.15, -0.1) is 0 Å². The van der Waals surface area contributed by atoms with Crippen LogP contribution in [0.25, 0.3) is 0 Å². The number of carboxylic acid groups (broad SMARTS) is 1. The Morgan fingerprint density at radius 2 is 2.12 bits per heavy atom. The molecule has 0 aromatic rings. The highest BCUT2D eigenvalue weighted by molar-refractivity contribution is 5.65. The number of hydrogen-bond acceptors (Lipinski definition) is 3. The molecule has 1 spiro atoms. The zero-order valence-electron chi connectivity index (χ0n) is 10.6. The second-order valence-electron chi connectivity index (χ2n) is 5.48. The Kier molecular flexibility index (Phi) is 3.58. The average molecular weight is 242 g/mol. The Morgan fingerprint density at radius 1 is 1.47 bits per heavy atom. The summed E-state index contributed by atoms with van der Waals surface area (Å²) in [6.07, 6.45) is 1.04. The Hall–Kier alpha value is -0.810. The fourth-order valence-electron chi connectivity index (χ4n) is 2.62. The van der Waals surface area contributed by atoms with Crippen molar-refractivity contribution >= 4 is 6.09 Å². The molecule has 1 atom stereocenters. The number of rotatable bonds is 1. The van der Waals surface area contributed by atoms with Crippen LogP contribution in [0.1, 0.15) is 26.7 Å². The van der Waals surface area contributed by atoms with E-state index in [1.165, 1.54) is 4.90 Å². The van der Waals surface area contributed by atoms with Gasteiger partial charge < -0.3 is 20.1 Å². The molecule has 17 heavy (non-hydrogen) atoms. The monoisotopic (exact) mass is 242 g/mol. The predicted molar refractivity (Wildman–Crippen MR) is 64.1 cm³/mol. The lowest BCUT2D eigenvalue weighted by molar-refractivity contribution is -0.152. The Labute approximate surface area is 102 Å². The van der Waals surface area contributed by atoms with Crippen molar-refractivity contribution in [2.45, 2.75) is 38.4 Å². The van der Waals surface area contributed by atoms with Crippen LogP contribution in [-0.2, 0) is 4.74 Å². The maximum Gasteiger partial charge on any atom is 0.407 e. The summed E-state index contributed by atoms with van der Waals surface area (Å²) in [5.41, 5.74) is -0.140. The standard InChI is InChI=1S/C12H22N2O3/c1-9(2)10-7-13-8-12(17-10)3-5-14(6-4-12)11(15)16/h9-10,13H,3-8H2,1-2H3,(H,15,16). The van der Waals surface area contributed by atoms with E-state index < -0.39 is 6.09 Å². The van der Waals surface area contributed by atoms with Crippen molar-refractivity contribution < 1.29 is 14.6 Å². The Morgan fingerprint density at radius 3 is 2.65 bits per heavy atom. The van der Waals surface area contributed by atoms with Crippen LogP contribution in [0.2, 0.25) is 0 Å². The molecule has 0 aromatic heterocycles. The van der Waals surface area contributed by atoms with Gasteiger partial charge in [0.15, 0.2) is 0 Å². The highest BCUT2D eigenvalue weighted by atomic mass is 16.5. The third-order valence-electron chi connectivity index (χ3n) is 3.88. The molecule has 5 nitrogen and oxygen atoms in total. The smallest absolute Gasteiger partial charge is 0.407 e. The van der Waals surface area contributed by atoms with Crippen molar-refractivity contribution in [3.8, 4) is 0 Å². The average Bonchev–Trinajstić information content (AvgIpc) is 2.29. The zero-order chi connectivity index (χ0) is 12.5. The highest BCUT2D eigenvalue weighted by Crippen LogP contribution is 2.31. The molecule has 5 heteroatoms. The predicted octanol–water partition coefficient (Wildman–Crippen LogP) is 1.14. The van der Waals surface area contributed by atoms with Crippen LogP contribution in [0.4, 0.5) is 4.79 Å². The zero-order valence-corrected chi connectivity index (χ0v) is 10.6. The van der Waals surface area contributed by atoms with Crippen LogP contribution < -0.4 is 5.32 Å². The van der Waals surface area contributed by atoms with Crippen molar-refractivity contribution in [1.82, 2.24) is 10.2 Å². The molecule has 2 fully saturated rings. The summed E-state index contributed by atoms with van der Waals surface area (Å²) in [6.45, 7) is 7.25. The van der Waals surface area contributed by atoms with Gasteiger partial charge in [0, 0.05) is 26.2 Å². The molecule has 1 unspecified atom stereocenters. The Balaban J connectivity index is 1.95. The molecule has 0 saturated carbocycles.